The minimum absolute atomic E-state index is 0.525. The van der Waals surface area contributed by atoms with Gasteiger partial charge in [-0.2, -0.15) is 4.98 Å². The van der Waals surface area contributed by atoms with Gasteiger partial charge in [0.2, 0.25) is 5.88 Å². The van der Waals surface area contributed by atoms with Gasteiger partial charge in [-0.15, -0.1) is 0 Å². The van der Waals surface area contributed by atoms with Gasteiger partial charge in [0.25, 0.3) is 0 Å². The Hall–Kier alpha value is -1.36. The smallest absolute Gasteiger partial charge is 0.218 e. The lowest BCUT2D eigenvalue weighted by Crippen LogP contribution is -2.10. The normalized spacial score (nSPS) is 14.3. The molecule has 2 rings (SSSR count). The second-order valence-electron chi connectivity index (χ2n) is 5.07. The Morgan fingerprint density at radius 2 is 2.05 bits per heavy atom. The van der Waals surface area contributed by atoms with Gasteiger partial charge < -0.3 is 14.8 Å². The fraction of sp³-hybridized carbons (Fsp3) is 0.733. The summed E-state index contributed by atoms with van der Waals surface area (Å²) in [5.74, 6) is 2.94. The molecule has 1 fully saturated rings. The van der Waals surface area contributed by atoms with Crippen LogP contribution in [0.5, 0.6) is 5.88 Å². The van der Waals surface area contributed by atoms with Crippen molar-refractivity contribution in [3.05, 3.63) is 11.9 Å². The summed E-state index contributed by atoms with van der Waals surface area (Å²) in [4.78, 5) is 9.00. The largest absolute Gasteiger partial charge is 0.475 e. The summed E-state index contributed by atoms with van der Waals surface area (Å²) in [6.07, 6.45) is 4.64. The summed E-state index contributed by atoms with van der Waals surface area (Å²) in [6, 6.07) is 1.86. The van der Waals surface area contributed by atoms with Crippen LogP contribution in [0, 0.1) is 0 Å². The summed E-state index contributed by atoms with van der Waals surface area (Å²) in [5, 5.41) is 3.23. The van der Waals surface area contributed by atoms with E-state index in [1.165, 1.54) is 12.8 Å². The third-order valence-corrected chi connectivity index (χ3v) is 3.14. The van der Waals surface area contributed by atoms with Crippen LogP contribution in [0.15, 0.2) is 6.07 Å². The molecule has 5 nitrogen and oxygen atoms in total. The van der Waals surface area contributed by atoms with Crippen LogP contribution < -0.4 is 10.1 Å². The van der Waals surface area contributed by atoms with Crippen molar-refractivity contribution in [2.45, 2.75) is 45.4 Å². The first kappa shape index (κ1) is 15.0. The summed E-state index contributed by atoms with van der Waals surface area (Å²) in [6.45, 7) is 7.01. The summed E-state index contributed by atoms with van der Waals surface area (Å²) in [7, 11) is 0. The van der Waals surface area contributed by atoms with E-state index in [1.54, 1.807) is 0 Å². The molecule has 112 valence electrons. The van der Waals surface area contributed by atoms with Gasteiger partial charge in [0, 0.05) is 25.1 Å². The molecule has 1 N–H and O–H groups in total. The molecule has 1 aliphatic rings. The van der Waals surface area contributed by atoms with Crippen molar-refractivity contribution < 1.29 is 9.47 Å². The number of anilines is 1. The Kier molecular flexibility index (Phi) is 6.05. The average molecular weight is 279 g/mol. The molecule has 0 atom stereocenters. The fourth-order valence-corrected chi connectivity index (χ4v) is 1.87. The van der Waals surface area contributed by atoms with Crippen molar-refractivity contribution in [1.82, 2.24) is 9.97 Å². The fourth-order valence-electron chi connectivity index (χ4n) is 1.87. The molecular formula is C15H25N3O2. The van der Waals surface area contributed by atoms with Crippen molar-refractivity contribution >= 4 is 5.82 Å². The second kappa shape index (κ2) is 8.04. The average Bonchev–Trinajstić information content (AvgIpc) is 3.27. The molecule has 0 unspecified atom stereocenters. The summed E-state index contributed by atoms with van der Waals surface area (Å²) >= 11 is 0. The molecule has 5 heteroatoms. The number of nitrogens with one attached hydrogen (secondary N) is 1. The summed E-state index contributed by atoms with van der Waals surface area (Å²) in [5.41, 5.74) is 0. The summed E-state index contributed by atoms with van der Waals surface area (Å²) < 4.78 is 11.2. The third-order valence-electron chi connectivity index (χ3n) is 3.14. The Morgan fingerprint density at radius 3 is 2.75 bits per heavy atom. The van der Waals surface area contributed by atoms with Gasteiger partial charge in [-0.25, -0.2) is 4.98 Å². The molecule has 0 bridgehead atoms. The first-order chi connectivity index (χ1) is 9.83. The Labute approximate surface area is 121 Å². The minimum atomic E-state index is 0.525. The van der Waals surface area contributed by atoms with Gasteiger partial charge in [0.1, 0.15) is 18.2 Å². The highest BCUT2D eigenvalue weighted by Crippen LogP contribution is 2.39. The Balaban J connectivity index is 1.82. The molecular weight excluding hydrogens is 254 g/mol. The number of ether oxygens (including phenoxy) is 2. The molecule has 0 aliphatic heterocycles. The number of unbranched alkanes of at least 4 members (excludes halogenated alkanes) is 1. The zero-order valence-corrected chi connectivity index (χ0v) is 12.5. The highest BCUT2D eigenvalue weighted by Gasteiger charge is 2.27. The molecule has 1 heterocycles. The first-order valence-corrected chi connectivity index (χ1v) is 7.66. The number of nitrogens with zero attached hydrogens (tertiary/aromatic N) is 2. The Bertz CT molecular complexity index is 408. The molecule has 0 radical (unpaired) electrons. The van der Waals surface area contributed by atoms with E-state index in [4.69, 9.17) is 9.47 Å². The number of hydrogen-bond acceptors (Lipinski definition) is 5. The molecule has 0 spiro atoms. The number of aromatic nitrogens is 2. The lowest BCUT2D eigenvalue weighted by atomic mass is 10.4. The van der Waals surface area contributed by atoms with Crippen LogP contribution in [-0.4, -0.2) is 36.3 Å². The molecule has 1 aromatic heterocycles. The van der Waals surface area contributed by atoms with E-state index < -0.39 is 0 Å². The van der Waals surface area contributed by atoms with Crippen molar-refractivity contribution in [2.24, 2.45) is 0 Å². The van der Waals surface area contributed by atoms with Crippen LogP contribution in [0.25, 0.3) is 0 Å². The molecule has 1 saturated carbocycles. The predicted molar refractivity (Wildman–Crippen MR) is 79.4 cm³/mol. The van der Waals surface area contributed by atoms with E-state index in [0.717, 1.165) is 37.6 Å². The van der Waals surface area contributed by atoms with Gasteiger partial charge in [-0.3, -0.25) is 0 Å². The van der Waals surface area contributed by atoms with E-state index >= 15 is 0 Å². The van der Waals surface area contributed by atoms with Crippen LogP contribution in [0.1, 0.15) is 51.3 Å². The van der Waals surface area contributed by atoms with Gasteiger partial charge >= 0.3 is 0 Å². The monoisotopic (exact) mass is 279 g/mol. The van der Waals surface area contributed by atoms with E-state index in [-0.39, 0.29) is 0 Å². The number of hydrogen-bond donors (Lipinski definition) is 1. The van der Waals surface area contributed by atoms with E-state index in [2.05, 4.69) is 29.1 Å². The van der Waals surface area contributed by atoms with Crippen LogP contribution in [-0.2, 0) is 4.74 Å². The second-order valence-corrected chi connectivity index (χ2v) is 5.07. The molecule has 0 saturated heterocycles. The van der Waals surface area contributed by atoms with Crippen molar-refractivity contribution in [2.75, 3.05) is 31.7 Å². The SMILES string of the molecule is CCCCOCCOc1cc(NCC)nc(C2CC2)n1. The lowest BCUT2D eigenvalue weighted by molar-refractivity contribution is 0.0964. The van der Waals surface area contributed by atoms with E-state index in [9.17, 15) is 0 Å². The van der Waals surface area contributed by atoms with E-state index in [0.29, 0.717) is 25.0 Å². The zero-order valence-electron chi connectivity index (χ0n) is 12.5. The maximum Gasteiger partial charge on any atom is 0.218 e. The maximum absolute atomic E-state index is 5.68. The topological polar surface area (TPSA) is 56.3 Å². The molecule has 20 heavy (non-hydrogen) atoms. The number of rotatable bonds is 10. The highest BCUT2D eigenvalue weighted by molar-refractivity contribution is 5.39. The molecule has 0 aromatic carbocycles. The van der Waals surface area contributed by atoms with Crippen molar-refractivity contribution in [3.63, 3.8) is 0 Å². The Morgan fingerprint density at radius 1 is 1.20 bits per heavy atom. The standard InChI is InChI=1S/C15H25N3O2/c1-3-5-8-19-9-10-20-14-11-13(16-4-2)17-15(18-14)12-6-7-12/h11-12H,3-10H2,1-2H3,(H,16,17,18). The van der Waals surface area contributed by atoms with Crippen molar-refractivity contribution in [1.29, 1.82) is 0 Å². The third kappa shape index (κ3) is 4.96. The van der Waals surface area contributed by atoms with Gasteiger partial charge in [0.15, 0.2) is 0 Å². The van der Waals surface area contributed by atoms with Crippen LogP contribution in [0.4, 0.5) is 5.82 Å². The van der Waals surface area contributed by atoms with Gasteiger partial charge in [0.05, 0.1) is 6.61 Å². The van der Waals surface area contributed by atoms with E-state index in [1.807, 2.05) is 6.07 Å². The van der Waals surface area contributed by atoms with Crippen LogP contribution in [0.2, 0.25) is 0 Å². The van der Waals surface area contributed by atoms with Gasteiger partial charge in [-0.05, 0) is 26.2 Å². The van der Waals surface area contributed by atoms with Crippen LogP contribution in [0.3, 0.4) is 0 Å². The molecule has 1 aliphatic carbocycles. The van der Waals surface area contributed by atoms with Crippen molar-refractivity contribution in [3.8, 4) is 5.88 Å². The van der Waals surface area contributed by atoms with Gasteiger partial charge in [-0.1, -0.05) is 13.3 Å². The lowest BCUT2D eigenvalue weighted by Gasteiger charge is -2.10. The predicted octanol–water partition coefficient (Wildman–Crippen LogP) is 2.98. The molecule has 0 amide bonds. The zero-order chi connectivity index (χ0) is 14.2. The minimum Gasteiger partial charge on any atom is -0.475 e. The quantitative estimate of drug-likeness (QED) is 0.667. The molecule has 1 aromatic rings. The van der Waals surface area contributed by atoms with Crippen LogP contribution >= 0.6 is 0 Å². The first-order valence-electron chi connectivity index (χ1n) is 7.66. The maximum atomic E-state index is 5.68. The highest BCUT2D eigenvalue weighted by atomic mass is 16.5.